The van der Waals surface area contributed by atoms with Gasteiger partial charge < -0.3 is 5.73 Å². The van der Waals surface area contributed by atoms with Crippen molar-refractivity contribution in [2.45, 2.75) is 42.4 Å². The summed E-state index contributed by atoms with van der Waals surface area (Å²) in [5.41, 5.74) is 6.38. The van der Waals surface area contributed by atoms with Crippen LogP contribution < -0.4 is 5.73 Å². The van der Waals surface area contributed by atoms with E-state index in [-0.39, 0.29) is 28.2 Å². The van der Waals surface area contributed by atoms with Gasteiger partial charge in [-0.15, -0.1) is 0 Å². The van der Waals surface area contributed by atoms with Crippen molar-refractivity contribution in [2.24, 2.45) is 11.7 Å². The van der Waals surface area contributed by atoms with Gasteiger partial charge in [0, 0.05) is 12.0 Å². The van der Waals surface area contributed by atoms with Gasteiger partial charge in [-0.1, -0.05) is 19.1 Å². The highest BCUT2D eigenvalue weighted by Crippen LogP contribution is 2.31. The maximum Gasteiger partial charge on any atom is 0.220 e. The Morgan fingerprint density at radius 3 is 2.26 bits per heavy atom. The van der Waals surface area contributed by atoms with Gasteiger partial charge in [-0.05, 0) is 50.0 Å². The van der Waals surface area contributed by atoms with E-state index < -0.39 is 31.0 Å². The lowest BCUT2D eigenvalue weighted by atomic mass is 9.95. The molecule has 0 radical (unpaired) electrons. The first-order valence-corrected chi connectivity index (χ1v) is 12.6. The van der Waals surface area contributed by atoms with Crippen molar-refractivity contribution in [2.75, 3.05) is 24.6 Å². The molecule has 3 rings (SSSR count). The van der Waals surface area contributed by atoms with Crippen molar-refractivity contribution in [1.29, 1.82) is 0 Å². The number of carbonyl (C=O) groups is 1. The number of primary amides is 1. The third-order valence-electron chi connectivity index (χ3n) is 5.73. The lowest BCUT2D eigenvalue weighted by molar-refractivity contribution is -0.123. The maximum atomic E-state index is 13.2. The summed E-state index contributed by atoms with van der Waals surface area (Å²) in [4.78, 5) is 13.4. The fraction of sp³-hybridized carbons (Fsp3) is 0.611. The van der Waals surface area contributed by atoms with E-state index in [4.69, 9.17) is 5.73 Å². The summed E-state index contributed by atoms with van der Waals surface area (Å²) in [6.45, 7) is 2.95. The number of hydrogen-bond acceptors (Lipinski definition) is 6. The SMILES string of the molecule is CCc1ccc(S(=O)(=O)[C@H]2CS(=O)(=O)C[C@@H]2N2CCC(C(N)=O)CC2)cc1. The highest BCUT2D eigenvalue weighted by atomic mass is 32.2. The van der Waals surface area contributed by atoms with E-state index in [2.05, 4.69) is 0 Å². The van der Waals surface area contributed by atoms with E-state index in [0.717, 1.165) is 12.0 Å². The molecular weight excluding hydrogens is 388 g/mol. The second-order valence-corrected chi connectivity index (χ2v) is 11.8. The Bertz CT molecular complexity index is 902. The summed E-state index contributed by atoms with van der Waals surface area (Å²) in [7, 11) is -7.22. The number of piperidine rings is 1. The normalized spacial score (nSPS) is 26.9. The second kappa shape index (κ2) is 7.52. The fourth-order valence-corrected chi connectivity index (χ4v) is 8.87. The van der Waals surface area contributed by atoms with Crippen LogP contribution in [0.3, 0.4) is 0 Å². The number of nitrogens with zero attached hydrogens (tertiary/aromatic N) is 1. The Labute approximate surface area is 160 Å². The molecule has 0 aromatic heterocycles. The van der Waals surface area contributed by atoms with Crippen LogP contribution in [0.4, 0.5) is 0 Å². The molecule has 2 aliphatic heterocycles. The Morgan fingerprint density at radius 2 is 1.74 bits per heavy atom. The van der Waals surface area contributed by atoms with Crippen LogP contribution in [0.2, 0.25) is 0 Å². The molecule has 2 fully saturated rings. The molecule has 2 N–H and O–H groups in total. The smallest absolute Gasteiger partial charge is 0.220 e. The lowest BCUT2D eigenvalue weighted by Crippen LogP contribution is -2.50. The monoisotopic (exact) mass is 414 g/mol. The minimum atomic E-state index is -3.78. The van der Waals surface area contributed by atoms with Gasteiger partial charge in [-0.3, -0.25) is 9.69 Å². The first kappa shape index (κ1) is 20.3. The standard InChI is InChI=1S/C18H26N2O5S2/c1-2-13-3-5-15(6-4-13)27(24,25)17-12-26(22,23)11-16(17)20-9-7-14(8-10-20)18(19)21/h3-6,14,16-17H,2,7-12H2,1H3,(H2,19,21)/t16-,17-/m0/s1. The number of benzene rings is 1. The Balaban J connectivity index is 1.86. The summed E-state index contributed by atoms with van der Waals surface area (Å²) >= 11 is 0. The molecule has 2 heterocycles. The molecule has 1 aromatic carbocycles. The molecule has 0 aliphatic carbocycles. The predicted octanol–water partition coefficient (Wildman–Crippen LogP) is 0.386. The van der Waals surface area contributed by atoms with E-state index in [1.165, 1.54) is 0 Å². The van der Waals surface area contributed by atoms with E-state index in [0.29, 0.717) is 25.9 Å². The number of carbonyl (C=O) groups excluding carboxylic acids is 1. The average Bonchev–Trinajstić information content (AvgIpc) is 2.98. The first-order valence-electron chi connectivity index (χ1n) is 9.20. The summed E-state index contributed by atoms with van der Waals surface area (Å²) in [6.07, 6.45) is 1.86. The molecule has 0 unspecified atom stereocenters. The Hall–Kier alpha value is -1.45. The molecule has 9 heteroatoms. The van der Waals surface area contributed by atoms with Gasteiger partial charge in [0.15, 0.2) is 19.7 Å². The minimum Gasteiger partial charge on any atom is -0.369 e. The number of amides is 1. The third-order valence-corrected chi connectivity index (χ3v) is 9.87. The zero-order chi connectivity index (χ0) is 19.8. The minimum absolute atomic E-state index is 0.162. The van der Waals surface area contributed by atoms with E-state index in [1.807, 2.05) is 11.8 Å². The van der Waals surface area contributed by atoms with Crippen LogP contribution in [0.25, 0.3) is 0 Å². The van der Waals surface area contributed by atoms with Crippen LogP contribution in [-0.2, 0) is 30.9 Å². The van der Waals surface area contributed by atoms with Gasteiger partial charge >= 0.3 is 0 Å². The quantitative estimate of drug-likeness (QED) is 0.745. The van der Waals surface area contributed by atoms with Crippen molar-refractivity contribution >= 4 is 25.6 Å². The van der Waals surface area contributed by atoms with Crippen molar-refractivity contribution in [1.82, 2.24) is 4.90 Å². The topological polar surface area (TPSA) is 115 Å². The van der Waals surface area contributed by atoms with Crippen LogP contribution in [0, 0.1) is 5.92 Å². The molecule has 1 amide bonds. The van der Waals surface area contributed by atoms with Gasteiger partial charge in [0.05, 0.1) is 21.7 Å². The highest BCUT2D eigenvalue weighted by molar-refractivity contribution is 7.96. The van der Waals surface area contributed by atoms with Crippen LogP contribution in [0.1, 0.15) is 25.3 Å². The molecule has 2 aliphatic rings. The molecular formula is C18H26N2O5S2. The van der Waals surface area contributed by atoms with E-state index in [9.17, 15) is 21.6 Å². The number of likely N-dealkylation sites (tertiary alicyclic amines) is 1. The number of nitrogens with two attached hydrogens (primary N) is 1. The summed E-state index contributed by atoms with van der Waals surface area (Å²) in [6, 6.07) is 6.08. The van der Waals surface area contributed by atoms with Crippen molar-refractivity contribution in [3.8, 4) is 0 Å². The zero-order valence-electron chi connectivity index (χ0n) is 15.4. The zero-order valence-corrected chi connectivity index (χ0v) is 17.0. The van der Waals surface area contributed by atoms with Crippen molar-refractivity contribution in [3.05, 3.63) is 29.8 Å². The maximum absolute atomic E-state index is 13.2. The van der Waals surface area contributed by atoms with Crippen molar-refractivity contribution in [3.63, 3.8) is 0 Å². The largest absolute Gasteiger partial charge is 0.369 e. The summed E-state index contributed by atoms with van der Waals surface area (Å²) in [5, 5.41) is -0.986. The number of hydrogen-bond donors (Lipinski definition) is 1. The fourth-order valence-electron chi connectivity index (χ4n) is 4.04. The van der Waals surface area contributed by atoms with Gasteiger partial charge in [0.25, 0.3) is 0 Å². The second-order valence-electron chi connectivity index (χ2n) is 7.44. The lowest BCUT2D eigenvalue weighted by Gasteiger charge is -2.36. The van der Waals surface area contributed by atoms with E-state index in [1.54, 1.807) is 24.3 Å². The Kier molecular flexibility index (Phi) is 5.65. The first-order chi connectivity index (χ1) is 12.6. The number of aryl methyl sites for hydroxylation is 1. The van der Waals surface area contributed by atoms with Crippen LogP contribution in [-0.4, -0.2) is 63.5 Å². The van der Waals surface area contributed by atoms with Crippen LogP contribution in [0.15, 0.2) is 29.2 Å². The summed E-state index contributed by atoms with van der Waals surface area (Å²) < 4.78 is 50.9. The predicted molar refractivity (Wildman–Crippen MR) is 103 cm³/mol. The number of sulfone groups is 2. The molecule has 2 saturated heterocycles. The Morgan fingerprint density at radius 1 is 1.15 bits per heavy atom. The van der Waals surface area contributed by atoms with Crippen molar-refractivity contribution < 1.29 is 21.6 Å². The van der Waals surface area contributed by atoms with Gasteiger partial charge in [-0.2, -0.15) is 0 Å². The molecule has 2 atom stereocenters. The molecule has 7 nitrogen and oxygen atoms in total. The highest BCUT2D eigenvalue weighted by Gasteiger charge is 2.48. The summed E-state index contributed by atoms with van der Waals surface area (Å²) in [5.74, 6) is -1.10. The molecule has 150 valence electrons. The molecule has 27 heavy (non-hydrogen) atoms. The number of rotatable bonds is 5. The van der Waals surface area contributed by atoms with Crippen LogP contribution >= 0.6 is 0 Å². The molecule has 0 bridgehead atoms. The molecule has 0 spiro atoms. The van der Waals surface area contributed by atoms with Gasteiger partial charge in [-0.25, -0.2) is 16.8 Å². The van der Waals surface area contributed by atoms with Gasteiger partial charge in [0.1, 0.15) is 0 Å². The van der Waals surface area contributed by atoms with Gasteiger partial charge in [0.2, 0.25) is 5.91 Å². The van der Waals surface area contributed by atoms with E-state index >= 15 is 0 Å². The third kappa shape index (κ3) is 4.20. The molecule has 0 saturated carbocycles. The molecule has 1 aromatic rings. The van der Waals surface area contributed by atoms with Crippen LogP contribution in [0.5, 0.6) is 0 Å². The average molecular weight is 415 g/mol.